The van der Waals surface area contributed by atoms with Crippen molar-refractivity contribution in [1.82, 2.24) is 15.0 Å². The van der Waals surface area contributed by atoms with E-state index >= 15 is 0 Å². The number of carbonyl (C=O) groups is 1. The van der Waals surface area contributed by atoms with Gasteiger partial charge < -0.3 is 23.8 Å². The fourth-order valence-corrected chi connectivity index (χ4v) is 4.20. The number of nitrogens with zero attached hydrogens (tertiary/aromatic N) is 4. The van der Waals surface area contributed by atoms with E-state index in [9.17, 15) is 4.79 Å². The highest BCUT2D eigenvalue weighted by molar-refractivity contribution is 6.04. The van der Waals surface area contributed by atoms with Gasteiger partial charge in [-0.1, -0.05) is 35.5 Å². The molecule has 29 heavy (non-hydrogen) atoms. The Morgan fingerprint density at radius 2 is 1.59 bits per heavy atom. The van der Waals surface area contributed by atoms with Gasteiger partial charge in [-0.2, -0.15) is 0 Å². The van der Waals surface area contributed by atoms with E-state index in [2.05, 4.69) is 15.0 Å². The van der Waals surface area contributed by atoms with Crippen LogP contribution in [-0.2, 0) is 9.47 Å². The molecule has 8 nitrogen and oxygen atoms in total. The number of carbonyl (C=O) groups excluding carboxylic acids is 1. The van der Waals surface area contributed by atoms with E-state index in [-0.39, 0.29) is 5.91 Å². The van der Waals surface area contributed by atoms with Crippen molar-refractivity contribution in [2.45, 2.75) is 6.04 Å². The molecular formula is C21H26N4O4. The summed E-state index contributed by atoms with van der Waals surface area (Å²) in [7, 11) is 0. The SMILES string of the molecule is O=C(c1c(N2CCOCC2)noc1-c1ccccc1)N1CC(N2CCOCC2)C1. The molecule has 1 amide bonds. The minimum atomic E-state index is -0.00361. The third-order valence-corrected chi connectivity index (χ3v) is 5.95. The number of hydrogen-bond acceptors (Lipinski definition) is 7. The van der Waals surface area contributed by atoms with Crippen LogP contribution in [0.25, 0.3) is 11.3 Å². The highest BCUT2D eigenvalue weighted by atomic mass is 16.5. The van der Waals surface area contributed by atoms with Crippen LogP contribution in [0, 0.1) is 0 Å². The molecule has 0 N–H and O–H groups in total. The molecule has 0 atom stereocenters. The fourth-order valence-electron chi connectivity index (χ4n) is 4.20. The molecule has 5 rings (SSSR count). The van der Waals surface area contributed by atoms with Crippen molar-refractivity contribution in [3.63, 3.8) is 0 Å². The molecule has 0 radical (unpaired) electrons. The molecule has 3 aliphatic rings. The van der Waals surface area contributed by atoms with E-state index in [1.54, 1.807) is 0 Å². The molecular weight excluding hydrogens is 372 g/mol. The highest BCUT2D eigenvalue weighted by Gasteiger charge is 2.39. The van der Waals surface area contributed by atoms with Crippen LogP contribution in [0.2, 0.25) is 0 Å². The van der Waals surface area contributed by atoms with Crippen molar-refractivity contribution < 1.29 is 18.8 Å². The second-order valence-corrected chi connectivity index (χ2v) is 7.69. The maximum atomic E-state index is 13.5. The predicted molar refractivity (Wildman–Crippen MR) is 107 cm³/mol. The molecule has 3 saturated heterocycles. The van der Waals surface area contributed by atoms with E-state index in [0.717, 1.165) is 45.0 Å². The first kappa shape index (κ1) is 18.6. The number of likely N-dealkylation sites (tertiary alicyclic amines) is 1. The number of amides is 1. The monoisotopic (exact) mass is 398 g/mol. The van der Waals surface area contributed by atoms with Gasteiger partial charge in [-0.05, 0) is 0 Å². The van der Waals surface area contributed by atoms with Gasteiger partial charge in [0.15, 0.2) is 11.6 Å². The van der Waals surface area contributed by atoms with Crippen LogP contribution in [0.3, 0.4) is 0 Å². The van der Waals surface area contributed by atoms with Gasteiger partial charge in [0.05, 0.1) is 26.4 Å². The third-order valence-electron chi connectivity index (χ3n) is 5.95. The minimum absolute atomic E-state index is 0.00361. The Bertz CT molecular complexity index is 838. The lowest BCUT2D eigenvalue weighted by atomic mass is 10.0. The number of rotatable bonds is 4. The summed E-state index contributed by atoms with van der Waals surface area (Å²) < 4.78 is 16.6. The number of benzene rings is 1. The molecule has 1 aromatic heterocycles. The van der Waals surface area contributed by atoms with Crippen LogP contribution < -0.4 is 4.90 Å². The lowest BCUT2D eigenvalue weighted by Crippen LogP contribution is -2.62. The lowest BCUT2D eigenvalue weighted by molar-refractivity contribution is -0.0256. The molecule has 154 valence electrons. The van der Waals surface area contributed by atoms with Crippen molar-refractivity contribution >= 4 is 11.7 Å². The standard InChI is InChI=1S/C21H26N4O4/c26-21(25-14-17(15-25)23-6-10-27-11-7-23)18-19(16-4-2-1-3-5-16)29-22-20(18)24-8-12-28-13-9-24/h1-5,17H,6-15H2. The van der Waals surface area contributed by atoms with Crippen LogP contribution in [0.4, 0.5) is 5.82 Å². The van der Waals surface area contributed by atoms with E-state index < -0.39 is 0 Å². The molecule has 0 unspecified atom stereocenters. The Balaban J connectivity index is 1.40. The van der Waals surface area contributed by atoms with Crippen LogP contribution in [-0.4, -0.2) is 92.6 Å². The minimum Gasteiger partial charge on any atom is -0.379 e. The second-order valence-electron chi connectivity index (χ2n) is 7.69. The smallest absolute Gasteiger partial charge is 0.261 e. The Labute approximate surface area is 169 Å². The molecule has 2 aromatic rings. The first-order valence-electron chi connectivity index (χ1n) is 10.3. The maximum Gasteiger partial charge on any atom is 0.261 e. The zero-order valence-corrected chi connectivity index (χ0v) is 16.5. The van der Waals surface area contributed by atoms with Gasteiger partial charge in [0.25, 0.3) is 5.91 Å². The van der Waals surface area contributed by atoms with Gasteiger partial charge in [-0.15, -0.1) is 0 Å². The average molecular weight is 398 g/mol. The molecule has 8 heteroatoms. The summed E-state index contributed by atoms with van der Waals surface area (Å²) in [5.74, 6) is 1.18. The average Bonchev–Trinajstić information content (AvgIpc) is 3.20. The molecule has 0 saturated carbocycles. The summed E-state index contributed by atoms with van der Waals surface area (Å²) in [6.07, 6.45) is 0. The summed E-state index contributed by atoms with van der Waals surface area (Å²) in [5.41, 5.74) is 1.44. The molecule has 3 aliphatic heterocycles. The van der Waals surface area contributed by atoms with Crippen LogP contribution in [0.15, 0.2) is 34.9 Å². The Morgan fingerprint density at radius 3 is 2.28 bits per heavy atom. The van der Waals surface area contributed by atoms with Crippen molar-refractivity contribution in [1.29, 1.82) is 0 Å². The number of morpholine rings is 2. The Morgan fingerprint density at radius 1 is 0.931 bits per heavy atom. The van der Waals surface area contributed by atoms with E-state index in [4.69, 9.17) is 14.0 Å². The first-order chi connectivity index (χ1) is 14.3. The Kier molecular flexibility index (Phi) is 5.22. The summed E-state index contributed by atoms with van der Waals surface area (Å²) in [5, 5.41) is 4.31. The summed E-state index contributed by atoms with van der Waals surface area (Å²) >= 11 is 0. The van der Waals surface area contributed by atoms with Crippen molar-refractivity contribution in [3.05, 3.63) is 35.9 Å². The van der Waals surface area contributed by atoms with Gasteiger partial charge in [-0.3, -0.25) is 9.69 Å². The van der Waals surface area contributed by atoms with E-state index in [1.807, 2.05) is 35.2 Å². The molecule has 1 aromatic carbocycles. The van der Waals surface area contributed by atoms with E-state index in [0.29, 0.717) is 49.5 Å². The molecule has 4 heterocycles. The Hall–Kier alpha value is -2.42. The topological polar surface area (TPSA) is 71.3 Å². The molecule has 0 bridgehead atoms. The number of aromatic nitrogens is 1. The van der Waals surface area contributed by atoms with Gasteiger partial charge >= 0.3 is 0 Å². The number of anilines is 1. The highest BCUT2D eigenvalue weighted by Crippen LogP contribution is 2.34. The van der Waals surface area contributed by atoms with Crippen molar-refractivity contribution in [2.75, 3.05) is 70.6 Å². The summed E-state index contributed by atoms with van der Waals surface area (Å²) in [6.45, 7) is 7.57. The van der Waals surface area contributed by atoms with Gasteiger partial charge in [0, 0.05) is 50.9 Å². The third kappa shape index (κ3) is 3.63. The van der Waals surface area contributed by atoms with Gasteiger partial charge in [-0.25, -0.2) is 0 Å². The first-order valence-corrected chi connectivity index (χ1v) is 10.3. The molecule has 0 spiro atoms. The summed E-state index contributed by atoms with van der Waals surface area (Å²) in [4.78, 5) is 19.9. The second kappa shape index (κ2) is 8.14. The lowest BCUT2D eigenvalue weighted by Gasteiger charge is -2.46. The van der Waals surface area contributed by atoms with Crippen molar-refractivity contribution in [3.8, 4) is 11.3 Å². The van der Waals surface area contributed by atoms with Crippen molar-refractivity contribution in [2.24, 2.45) is 0 Å². The van der Waals surface area contributed by atoms with Gasteiger partial charge in [0.2, 0.25) is 0 Å². The fraction of sp³-hybridized carbons (Fsp3) is 0.524. The zero-order chi connectivity index (χ0) is 19.6. The van der Waals surface area contributed by atoms with Crippen LogP contribution >= 0.6 is 0 Å². The van der Waals surface area contributed by atoms with Crippen LogP contribution in [0.5, 0.6) is 0 Å². The zero-order valence-electron chi connectivity index (χ0n) is 16.5. The van der Waals surface area contributed by atoms with Gasteiger partial charge in [0.1, 0.15) is 5.56 Å². The predicted octanol–water partition coefficient (Wildman–Crippen LogP) is 1.33. The molecule has 0 aliphatic carbocycles. The quantitative estimate of drug-likeness (QED) is 0.770. The molecule has 3 fully saturated rings. The maximum absolute atomic E-state index is 13.5. The summed E-state index contributed by atoms with van der Waals surface area (Å²) in [6, 6.07) is 10.2. The van der Waals surface area contributed by atoms with Crippen LogP contribution in [0.1, 0.15) is 10.4 Å². The largest absolute Gasteiger partial charge is 0.379 e. The normalized spacial score (nSPS) is 21.2. The number of hydrogen-bond donors (Lipinski definition) is 0. The van der Waals surface area contributed by atoms with E-state index in [1.165, 1.54) is 0 Å². The number of ether oxygens (including phenoxy) is 2.